The lowest BCUT2D eigenvalue weighted by molar-refractivity contribution is 0.0580. The van der Waals surface area contributed by atoms with E-state index >= 15 is 0 Å². The van der Waals surface area contributed by atoms with Crippen molar-refractivity contribution in [1.82, 2.24) is 10.1 Å². The molecule has 2 heterocycles. The third-order valence-corrected chi connectivity index (χ3v) is 3.36. The minimum absolute atomic E-state index is 0.0496. The summed E-state index contributed by atoms with van der Waals surface area (Å²) < 4.78 is 15.4. The number of alkyl halides is 1. The van der Waals surface area contributed by atoms with Crippen LogP contribution >= 0.6 is 15.9 Å². The van der Waals surface area contributed by atoms with Gasteiger partial charge in [0.15, 0.2) is 0 Å². The Morgan fingerprint density at radius 3 is 2.58 bits per heavy atom. The van der Waals surface area contributed by atoms with E-state index in [1.54, 1.807) is 26.8 Å². The van der Waals surface area contributed by atoms with Gasteiger partial charge in [0.1, 0.15) is 16.7 Å². The van der Waals surface area contributed by atoms with Gasteiger partial charge in [-0.3, -0.25) is 0 Å². The fourth-order valence-electron chi connectivity index (χ4n) is 1.90. The van der Waals surface area contributed by atoms with E-state index in [2.05, 4.69) is 26.1 Å². The van der Waals surface area contributed by atoms with Gasteiger partial charge >= 0.3 is 12.2 Å². The Kier molecular flexibility index (Phi) is 4.97. The van der Waals surface area contributed by atoms with E-state index in [-0.39, 0.29) is 22.7 Å². The molecule has 9 nitrogen and oxygen atoms in total. The first-order valence-corrected chi connectivity index (χ1v) is 7.95. The zero-order chi connectivity index (χ0) is 18.1. The molecule has 2 aromatic heterocycles. The summed E-state index contributed by atoms with van der Waals surface area (Å²) in [6.07, 6.45) is -2.66. The predicted octanol–water partition coefficient (Wildman–Crippen LogP) is 3.55. The van der Waals surface area contributed by atoms with Crippen LogP contribution in [0.3, 0.4) is 0 Å². The summed E-state index contributed by atoms with van der Waals surface area (Å²) in [6, 6.07) is 1.59. The van der Waals surface area contributed by atoms with Crippen molar-refractivity contribution in [3.63, 3.8) is 0 Å². The molecule has 0 aliphatic heterocycles. The Bertz CT molecular complexity index is 783. The number of aromatic nitrogens is 2. The van der Waals surface area contributed by atoms with Crippen molar-refractivity contribution < 1.29 is 28.7 Å². The number of pyridine rings is 1. The van der Waals surface area contributed by atoms with Gasteiger partial charge in [-0.2, -0.15) is 4.90 Å². The number of carbonyl (C=O) groups excluding carboxylic acids is 1. The molecule has 0 spiro atoms. The maximum absolute atomic E-state index is 12.2. The number of ether oxygens (including phenoxy) is 2. The van der Waals surface area contributed by atoms with E-state index in [9.17, 15) is 14.7 Å². The van der Waals surface area contributed by atoms with Crippen molar-refractivity contribution in [2.45, 2.75) is 31.7 Å². The number of halogens is 1. The molecule has 0 aliphatic rings. The lowest BCUT2D eigenvalue weighted by Crippen LogP contribution is -2.40. The molecular formula is C14H16BrN3O6. The highest BCUT2D eigenvalue weighted by Gasteiger charge is 2.34. The van der Waals surface area contributed by atoms with Gasteiger partial charge in [-0.05, 0) is 20.8 Å². The molecule has 0 unspecified atom stereocenters. The molecule has 24 heavy (non-hydrogen) atoms. The van der Waals surface area contributed by atoms with E-state index in [0.29, 0.717) is 15.9 Å². The van der Waals surface area contributed by atoms with Crippen molar-refractivity contribution in [2.75, 3.05) is 12.0 Å². The fourth-order valence-corrected chi connectivity index (χ4v) is 2.18. The molecule has 2 rings (SSSR count). The van der Waals surface area contributed by atoms with Crippen LogP contribution in [0.4, 0.5) is 15.4 Å². The third-order valence-electron chi connectivity index (χ3n) is 2.78. The SMILES string of the molecule is COc1cc(CBr)nc2onc(N(C(=O)O)C(=O)OC(C)(C)C)c12. The Balaban J connectivity index is 2.59. The standard InChI is InChI=1S/C14H16BrN3O6/c1-14(2,3)23-13(21)18(12(19)20)10-9-8(22-4)5-7(6-15)16-11(9)24-17-10/h5H,6H2,1-4H3,(H,19,20). The Labute approximate surface area is 145 Å². The minimum Gasteiger partial charge on any atom is -0.496 e. The second kappa shape index (κ2) is 6.63. The number of carbonyl (C=O) groups is 2. The number of anilines is 1. The number of methoxy groups -OCH3 is 1. The third kappa shape index (κ3) is 3.58. The molecule has 1 N–H and O–H groups in total. The first-order chi connectivity index (χ1) is 11.2. The zero-order valence-electron chi connectivity index (χ0n) is 13.5. The van der Waals surface area contributed by atoms with Gasteiger partial charge in [-0.15, -0.1) is 0 Å². The van der Waals surface area contributed by atoms with E-state index in [0.717, 1.165) is 0 Å². The van der Waals surface area contributed by atoms with Crippen LogP contribution in [0, 0.1) is 0 Å². The number of hydrogen-bond acceptors (Lipinski definition) is 7. The number of fused-ring (bicyclic) bond motifs is 1. The number of rotatable bonds is 3. The highest BCUT2D eigenvalue weighted by molar-refractivity contribution is 9.08. The highest BCUT2D eigenvalue weighted by atomic mass is 79.9. The molecule has 0 saturated carbocycles. The number of imide groups is 1. The van der Waals surface area contributed by atoms with Gasteiger partial charge in [0, 0.05) is 11.4 Å². The van der Waals surface area contributed by atoms with Crippen molar-refractivity contribution in [1.29, 1.82) is 0 Å². The van der Waals surface area contributed by atoms with Crippen molar-refractivity contribution in [3.05, 3.63) is 11.8 Å². The first kappa shape index (κ1) is 18.0. The molecule has 10 heteroatoms. The van der Waals surface area contributed by atoms with Crippen LogP contribution in [0.2, 0.25) is 0 Å². The monoisotopic (exact) mass is 401 g/mol. The molecule has 0 atom stereocenters. The van der Waals surface area contributed by atoms with Crippen LogP contribution < -0.4 is 9.64 Å². The van der Waals surface area contributed by atoms with Gasteiger partial charge in [0.25, 0.3) is 5.71 Å². The quantitative estimate of drug-likeness (QED) is 0.776. The van der Waals surface area contributed by atoms with E-state index in [1.165, 1.54) is 7.11 Å². The average molecular weight is 402 g/mol. The van der Waals surface area contributed by atoms with E-state index < -0.39 is 17.8 Å². The zero-order valence-corrected chi connectivity index (χ0v) is 15.1. The number of carboxylic acid groups (broad SMARTS) is 1. The molecule has 130 valence electrons. The van der Waals surface area contributed by atoms with Gasteiger partial charge < -0.3 is 19.1 Å². The van der Waals surface area contributed by atoms with Crippen molar-refractivity contribution in [2.24, 2.45) is 0 Å². The second-order valence-corrected chi connectivity index (χ2v) is 6.29. The topological polar surface area (TPSA) is 115 Å². The minimum atomic E-state index is -1.56. The lowest BCUT2D eigenvalue weighted by Gasteiger charge is -2.23. The van der Waals surface area contributed by atoms with Gasteiger partial charge in [0.05, 0.1) is 12.8 Å². The van der Waals surface area contributed by atoms with Crippen LogP contribution in [-0.4, -0.2) is 40.1 Å². The van der Waals surface area contributed by atoms with Crippen LogP contribution in [0.25, 0.3) is 11.1 Å². The Morgan fingerprint density at radius 2 is 2.08 bits per heavy atom. The van der Waals surface area contributed by atoms with Crippen LogP contribution in [0.15, 0.2) is 10.6 Å². The Morgan fingerprint density at radius 1 is 1.42 bits per heavy atom. The lowest BCUT2D eigenvalue weighted by atomic mass is 10.2. The van der Waals surface area contributed by atoms with E-state index in [1.807, 2.05) is 0 Å². The molecular weight excluding hydrogens is 386 g/mol. The largest absolute Gasteiger partial charge is 0.496 e. The van der Waals surface area contributed by atoms with Crippen molar-refractivity contribution in [3.8, 4) is 5.75 Å². The number of amides is 2. The number of hydrogen-bond donors (Lipinski definition) is 1. The normalized spacial score (nSPS) is 11.4. The molecule has 0 aliphatic carbocycles. The molecule has 2 amide bonds. The average Bonchev–Trinajstić information content (AvgIpc) is 2.87. The highest BCUT2D eigenvalue weighted by Crippen LogP contribution is 2.35. The van der Waals surface area contributed by atoms with Crippen LogP contribution in [0.1, 0.15) is 26.5 Å². The summed E-state index contributed by atoms with van der Waals surface area (Å²) in [5, 5.41) is 13.7. The summed E-state index contributed by atoms with van der Waals surface area (Å²) in [7, 11) is 1.40. The summed E-state index contributed by atoms with van der Waals surface area (Å²) >= 11 is 3.26. The second-order valence-electron chi connectivity index (χ2n) is 5.73. The molecule has 0 radical (unpaired) electrons. The smallest absolute Gasteiger partial charge is 0.425 e. The van der Waals surface area contributed by atoms with Crippen LogP contribution in [-0.2, 0) is 10.1 Å². The van der Waals surface area contributed by atoms with Gasteiger partial charge in [0.2, 0.25) is 5.82 Å². The van der Waals surface area contributed by atoms with Crippen LogP contribution in [0.5, 0.6) is 5.75 Å². The van der Waals surface area contributed by atoms with E-state index in [4.69, 9.17) is 14.0 Å². The molecule has 2 aromatic rings. The molecule has 0 aromatic carbocycles. The molecule has 0 fully saturated rings. The van der Waals surface area contributed by atoms with Gasteiger partial charge in [-0.1, -0.05) is 21.1 Å². The number of nitrogens with zero attached hydrogens (tertiary/aromatic N) is 3. The summed E-state index contributed by atoms with van der Waals surface area (Å²) in [5.41, 5.74) is -0.231. The van der Waals surface area contributed by atoms with Crippen molar-refractivity contribution >= 4 is 45.0 Å². The maximum Gasteiger partial charge on any atom is 0.425 e. The molecule has 0 bridgehead atoms. The maximum atomic E-state index is 12.2. The summed E-state index contributed by atoms with van der Waals surface area (Å²) in [6.45, 7) is 4.86. The molecule has 0 saturated heterocycles. The predicted molar refractivity (Wildman–Crippen MR) is 87.7 cm³/mol. The summed E-state index contributed by atoms with van der Waals surface area (Å²) in [4.78, 5) is 28.3. The fraction of sp³-hybridized carbons (Fsp3) is 0.429. The first-order valence-electron chi connectivity index (χ1n) is 6.83. The Hall–Kier alpha value is -2.36. The van der Waals surface area contributed by atoms with Gasteiger partial charge in [-0.25, -0.2) is 14.6 Å². The summed E-state index contributed by atoms with van der Waals surface area (Å²) in [5.74, 6) is 0.0118.